The van der Waals surface area contributed by atoms with Crippen LogP contribution in [0.5, 0.6) is 0 Å². The Morgan fingerprint density at radius 2 is 2.05 bits per heavy atom. The van der Waals surface area contributed by atoms with Crippen LogP contribution in [0.3, 0.4) is 0 Å². The van der Waals surface area contributed by atoms with Gasteiger partial charge in [-0.3, -0.25) is 0 Å². The predicted molar refractivity (Wildman–Crippen MR) is 96.5 cm³/mol. The average molecular weight is 404 g/mol. The van der Waals surface area contributed by atoms with Crippen LogP contribution in [0.15, 0.2) is 36.2 Å². The lowest BCUT2D eigenvalue weighted by atomic mass is 10.2. The van der Waals surface area contributed by atoms with Crippen LogP contribution in [-0.2, 0) is 6.54 Å². The highest BCUT2D eigenvalue weighted by Gasteiger charge is 2.07. The van der Waals surface area contributed by atoms with E-state index in [2.05, 4.69) is 63.5 Å². The normalized spacial score (nSPS) is 11.3. The van der Waals surface area contributed by atoms with E-state index in [4.69, 9.17) is 0 Å². The molecular weight excluding hydrogens is 386 g/mol. The van der Waals surface area contributed by atoms with E-state index in [9.17, 15) is 0 Å². The third-order valence-electron chi connectivity index (χ3n) is 2.66. The van der Waals surface area contributed by atoms with Gasteiger partial charge in [0.15, 0.2) is 8.68 Å². The Kier molecular flexibility index (Phi) is 7.01. The van der Waals surface area contributed by atoms with Crippen molar-refractivity contribution < 1.29 is 0 Å². The fourth-order valence-electron chi connectivity index (χ4n) is 1.65. The number of aromatic nitrogens is 2. The molecule has 0 aliphatic carbocycles. The molecule has 21 heavy (non-hydrogen) atoms. The third-order valence-corrected chi connectivity index (χ3v) is 6.34. The van der Waals surface area contributed by atoms with Crippen LogP contribution in [0.1, 0.15) is 19.4 Å². The topological polar surface area (TPSA) is 37.8 Å². The summed E-state index contributed by atoms with van der Waals surface area (Å²) in [6, 6.07) is 6.45. The van der Waals surface area contributed by atoms with Crippen molar-refractivity contribution >= 4 is 50.8 Å². The molecule has 0 saturated carbocycles. The standard InChI is InChI=1S/C14H18BrN3S3/c1-9(2)7-16-8-10-4-5-11(6-12(10)15)20-14-18-17-13(19-3)21-14/h4-6,9,16H,7-8H2,1-3H3. The Morgan fingerprint density at radius 3 is 2.67 bits per heavy atom. The number of benzene rings is 1. The Balaban J connectivity index is 1.97. The van der Waals surface area contributed by atoms with Gasteiger partial charge in [-0.05, 0) is 36.4 Å². The van der Waals surface area contributed by atoms with Crippen molar-refractivity contribution in [1.29, 1.82) is 0 Å². The van der Waals surface area contributed by atoms with Gasteiger partial charge in [0.1, 0.15) is 0 Å². The van der Waals surface area contributed by atoms with E-state index in [0.717, 1.165) is 26.2 Å². The molecule has 0 fully saturated rings. The Labute approximate surface area is 146 Å². The lowest BCUT2D eigenvalue weighted by Gasteiger charge is -2.09. The van der Waals surface area contributed by atoms with E-state index in [1.807, 2.05) is 6.26 Å². The molecule has 1 heterocycles. The smallest absolute Gasteiger partial charge is 0.179 e. The highest BCUT2D eigenvalue weighted by Crippen LogP contribution is 2.34. The van der Waals surface area contributed by atoms with Crippen LogP contribution in [0.4, 0.5) is 0 Å². The van der Waals surface area contributed by atoms with Crippen molar-refractivity contribution in [2.45, 2.75) is 34.0 Å². The molecule has 0 aliphatic heterocycles. The minimum absolute atomic E-state index is 0.668. The fourth-order valence-corrected chi connectivity index (χ4v) is 4.77. The van der Waals surface area contributed by atoms with Crippen LogP contribution in [0.2, 0.25) is 0 Å². The first kappa shape index (κ1) is 17.3. The van der Waals surface area contributed by atoms with Crippen molar-refractivity contribution in [3.63, 3.8) is 0 Å². The maximum absolute atomic E-state index is 4.19. The first-order chi connectivity index (χ1) is 10.1. The molecule has 0 atom stereocenters. The van der Waals surface area contributed by atoms with Crippen molar-refractivity contribution in [1.82, 2.24) is 15.5 Å². The van der Waals surface area contributed by atoms with Gasteiger partial charge >= 0.3 is 0 Å². The van der Waals surface area contributed by atoms with Gasteiger partial charge in [-0.25, -0.2) is 0 Å². The second kappa shape index (κ2) is 8.53. The number of thioether (sulfide) groups is 1. The molecular formula is C14H18BrN3S3. The fraction of sp³-hybridized carbons (Fsp3) is 0.429. The summed E-state index contributed by atoms with van der Waals surface area (Å²) >= 11 is 8.58. The van der Waals surface area contributed by atoms with Gasteiger partial charge < -0.3 is 5.32 Å². The summed E-state index contributed by atoms with van der Waals surface area (Å²) in [5.74, 6) is 0.668. The van der Waals surface area contributed by atoms with Crippen molar-refractivity contribution in [3.05, 3.63) is 28.2 Å². The summed E-state index contributed by atoms with van der Waals surface area (Å²) in [6.45, 7) is 6.35. The largest absolute Gasteiger partial charge is 0.312 e. The highest BCUT2D eigenvalue weighted by molar-refractivity contribution is 9.10. The minimum atomic E-state index is 0.668. The monoisotopic (exact) mass is 403 g/mol. The van der Waals surface area contributed by atoms with E-state index in [1.165, 1.54) is 10.5 Å². The molecule has 0 spiro atoms. The number of hydrogen-bond donors (Lipinski definition) is 1. The molecule has 1 aromatic heterocycles. The maximum atomic E-state index is 4.19. The number of rotatable bonds is 7. The van der Waals surface area contributed by atoms with Crippen LogP contribution in [0, 0.1) is 5.92 Å². The second-order valence-electron chi connectivity index (χ2n) is 4.92. The molecule has 0 saturated heterocycles. The number of nitrogens with one attached hydrogen (secondary N) is 1. The molecule has 2 rings (SSSR count). The summed E-state index contributed by atoms with van der Waals surface area (Å²) < 4.78 is 3.13. The average Bonchev–Trinajstić information content (AvgIpc) is 2.88. The Bertz CT molecular complexity index is 587. The summed E-state index contributed by atoms with van der Waals surface area (Å²) in [6.07, 6.45) is 2.02. The summed E-state index contributed by atoms with van der Waals surface area (Å²) in [7, 11) is 0. The number of halogens is 1. The molecule has 0 radical (unpaired) electrons. The first-order valence-corrected chi connectivity index (χ1v) is 10.3. The van der Waals surface area contributed by atoms with Gasteiger partial charge in [0.2, 0.25) is 0 Å². The number of hydrogen-bond acceptors (Lipinski definition) is 6. The van der Waals surface area contributed by atoms with Gasteiger partial charge in [-0.1, -0.05) is 70.7 Å². The summed E-state index contributed by atoms with van der Waals surface area (Å²) in [4.78, 5) is 1.18. The highest BCUT2D eigenvalue weighted by atomic mass is 79.9. The first-order valence-electron chi connectivity index (χ1n) is 6.63. The predicted octanol–water partition coefficient (Wildman–Crippen LogP) is 4.92. The third kappa shape index (κ3) is 5.56. The zero-order valence-corrected chi connectivity index (χ0v) is 16.3. The molecule has 2 aromatic rings. The van der Waals surface area contributed by atoms with Gasteiger partial charge in [-0.2, -0.15) is 0 Å². The summed E-state index contributed by atoms with van der Waals surface area (Å²) in [5.41, 5.74) is 1.28. The van der Waals surface area contributed by atoms with Gasteiger partial charge in [0.25, 0.3) is 0 Å². The van der Waals surface area contributed by atoms with Crippen molar-refractivity contribution in [2.75, 3.05) is 12.8 Å². The lowest BCUT2D eigenvalue weighted by molar-refractivity contribution is 0.551. The maximum Gasteiger partial charge on any atom is 0.179 e. The van der Waals surface area contributed by atoms with Crippen LogP contribution in [0.25, 0.3) is 0 Å². The Morgan fingerprint density at radius 1 is 1.29 bits per heavy atom. The second-order valence-corrected chi connectivity index (χ2v) is 9.12. The molecule has 0 amide bonds. The van der Waals surface area contributed by atoms with E-state index in [1.54, 1.807) is 34.9 Å². The van der Waals surface area contributed by atoms with Crippen molar-refractivity contribution in [3.8, 4) is 0 Å². The van der Waals surface area contributed by atoms with Crippen LogP contribution < -0.4 is 5.32 Å². The number of nitrogens with zero attached hydrogens (tertiary/aromatic N) is 2. The van der Waals surface area contributed by atoms with E-state index in [0.29, 0.717) is 5.92 Å². The molecule has 0 bridgehead atoms. The minimum Gasteiger partial charge on any atom is -0.312 e. The molecule has 0 unspecified atom stereocenters. The molecule has 1 aromatic carbocycles. The molecule has 0 aliphatic rings. The van der Waals surface area contributed by atoms with Gasteiger partial charge in [0, 0.05) is 15.9 Å². The zero-order valence-electron chi connectivity index (χ0n) is 12.2. The molecule has 114 valence electrons. The quantitative estimate of drug-likeness (QED) is 0.663. The van der Waals surface area contributed by atoms with Gasteiger partial charge in [0.05, 0.1) is 0 Å². The molecule has 1 N–H and O–H groups in total. The lowest BCUT2D eigenvalue weighted by Crippen LogP contribution is -2.19. The van der Waals surface area contributed by atoms with E-state index < -0.39 is 0 Å². The van der Waals surface area contributed by atoms with E-state index in [-0.39, 0.29) is 0 Å². The van der Waals surface area contributed by atoms with Crippen LogP contribution in [-0.4, -0.2) is 23.0 Å². The molecule has 7 heteroatoms. The van der Waals surface area contributed by atoms with Gasteiger partial charge in [-0.15, -0.1) is 10.2 Å². The summed E-state index contributed by atoms with van der Waals surface area (Å²) in [5, 5.41) is 11.8. The van der Waals surface area contributed by atoms with E-state index >= 15 is 0 Å². The Hall–Kier alpha value is -0.0800. The SMILES string of the molecule is CSc1nnc(Sc2ccc(CNCC(C)C)c(Br)c2)s1. The molecule has 3 nitrogen and oxygen atoms in total. The van der Waals surface area contributed by atoms with Crippen LogP contribution >= 0.6 is 50.8 Å². The van der Waals surface area contributed by atoms with Crippen molar-refractivity contribution in [2.24, 2.45) is 5.92 Å². The zero-order chi connectivity index (χ0) is 15.2.